The van der Waals surface area contributed by atoms with Crippen molar-refractivity contribution in [3.63, 3.8) is 0 Å². The van der Waals surface area contributed by atoms with Gasteiger partial charge in [0.15, 0.2) is 19.7 Å². The molecule has 29 heavy (non-hydrogen) atoms. The predicted octanol–water partition coefficient (Wildman–Crippen LogP) is 0.210. The van der Waals surface area contributed by atoms with Crippen LogP contribution in [-0.4, -0.2) is 77.1 Å². The van der Waals surface area contributed by atoms with Gasteiger partial charge in [0, 0.05) is 18.4 Å². The van der Waals surface area contributed by atoms with E-state index in [-0.39, 0.29) is 18.4 Å². The van der Waals surface area contributed by atoms with Crippen LogP contribution in [0.2, 0.25) is 0 Å². The topological polar surface area (TPSA) is 147 Å². The van der Waals surface area contributed by atoms with Gasteiger partial charge in [0.2, 0.25) is 0 Å². The number of sulfone groups is 2. The van der Waals surface area contributed by atoms with Crippen LogP contribution >= 0.6 is 0 Å². The average Bonchev–Trinajstić information content (AvgIpc) is 2.59. The summed E-state index contributed by atoms with van der Waals surface area (Å²) < 4.78 is 63.3. The summed E-state index contributed by atoms with van der Waals surface area (Å²) in [7, 11) is -7.80. The first-order chi connectivity index (χ1) is 13.3. The molecule has 168 valence electrons. The number of esters is 3. The molecule has 0 fully saturated rings. The van der Waals surface area contributed by atoms with Crippen LogP contribution in [0.3, 0.4) is 0 Å². The van der Waals surface area contributed by atoms with Crippen LogP contribution in [-0.2, 0) is 48.3 Å². The van der Waals surface area contributed by atoms with Gasteiger partial charge in [-0.15, -0.1) is 0 Å². The third kappa shape index (κ3) is 13.0. The van der Waals surface area contributed by atoms with Crippen molar-refractivity contribution in [2.75, 3.05) is 36.2 Å². The Morgan fingerprint density at radius 3 is 1.52 bits per heavy atom. The first kappa shape index (κ1) is 27.0. The Hall–Kier alpha value is -1.95. The zero-order valence-corrected chi connectivity index (χ0v) is 18.5. The van der Waals surface area contributed by atoms with Gasteiger partial charge in [0.1, 0.15) is 19.3 Å². The normalized spacial score (nSPS) is 11.7. The molecule has 0 aliphatic heterocycles. The van der Waals surface area contributed by atoms with Gasteiger partial charge in [0.05, 0.1) is 23.0 Å². The molecule has 0 amide bonds. The molecule has 0 saturated carbocycles. The van der Waals surface area contributed by atoms with Crippen molar-refractivity contribution in [2.24, 2.45) is 0 Å². The van der Waals surface area contributed by atoms with Crippen molar-refractivity contribution in [2.45, 2.75) is 39.7 Å². The van der Waals surface area contributed by atoms with E-state index in [0.717, 1.165) is 0 Å². The Morgan fingerprint density at radius 2 is 1.21 bits per heavy atom. The summed E-state index contributed by atoms with van der Waals surface area (Å²) in [6.45, 7) is 7.01. The van der Waals surface area contributed by atoms with Gasteiger partial charge in [-0.2, -0.15) is 0 Å². The highest BCUT2D eigenvalue weighted by molar-refractivity contribution is 7.92. The number of rotatable bonds is 14. The summed E-state index contributed by atoms with van der Waals surface area (Å²) in [5.41, 5.74) is -0.0291. The van der Waals surface area contributed by atoms with E-state index >= 15 is 0 Å². The van der Waals surface area contributed by atoms with E-state index in [1.165, 1.54) is 6.92 Å². The minimum atomic E-state index is -3.90. The van der Waals surface area contributed by atoms with Crippen LogP contribution in [0, 0.1) is 0 Å². The van der Waals surface area contributed by atoms with Gasteiger partial charge in [-0.1, -0.05) is 20.4 Å². The molecule has 10 nitrogen and oxygen atoms in total. The average molecular weight is 457 g/mol. The van der Waals surface area contributed by atoms with E-state index in [1.807, 2.05) is 0 Å². The van der Waals surface area contributed by atoms with E-state index in [4.69, 9.17) is 14.2 Å². The Balaban J connectivity index is 5.09. The van der Waals surface area contributed by atoms with E-state index < -0.39 is 79.9 Å². The highest BCUT2D eigenvalue weighted by Crippen LogP contribution is 2.08. The molecule has 0 aliphatic rings. The zero-order chi connectivity index (χ0) is 22.7. The highest BCUT2D eigenvalue weighted by Gasteiger charge is 2.28. The van der Waals surface area contributed by atoms with Crippen molar-refractivity contribution in [3.8, 4) is 0 Å². The summed E-state index contributed by atoms with van der Waals surface area (Å²) in [6.07, 6.45) is -1.32. The first-order valence-corrected chi connectivity index (χ1v) is 12.5. The Morgan fingerprint density at radius 1 is 0.828 bits per heavy atom. The molecule has 0 aromatic carbocycles. The molecular weight excluding hydrogens is 428 g/mol. The van der Waals surface area contributed by atoms with Gasteiger partial charge in [-0.05, 0) is 6.92 Å². The lowest BCUT2D eigenvalue weighted by Gasteiger charge is -2.18. The van der Waals surface area contributed by atoms with Crippen molar-refractivity contribution >= 4 is 37.6 Å². The smallest absolute Gasteiger partial charge is 0.333 e. The second-order valence-corrected chi connectivity index (χ2v) is 10.6. The molecule has 0 spiro atoms. The molecule has 0 rings (SSSR count). The standard InChI is InChI=1S/C17H28O10S2/c1-5-15(18)25-7-9-28(21,22)11-14(27-17(20)13(3)4)12-29(23,24)10-8-26-16(19)6-2/h14H,3,5-12H2,1-2,4H3. The van der Waals surface area contributed by atoms with Gasteiger partial charge in [-0.3, -0.25) is 9.59 Å². The number of ether oxygens (including phenoxy) is 3. The van der Waals surface area contributed by atoms with Crippen LogP contribution in [0.25, 0.3) is 0 Å². The van der Waals surface area contributed by atoms with Crippen molar-refractivity contribution < 1.29 is 45.4 Å². The van der Waals surface area contributed by atoms with Crippen molar-refractivity contribution in [1.82, 2.24) is 0 Å². The minimum absolute atomic E-state index is 0.0291. The lowest BCUT2D eigenvalue weighted by molar-refractivity contribution is -0.143. The fraction of sp³-hybridized carbons (Fsp3) is 0.706. The molecule has 12 heteroatoms. The second-order valence-electron chi connectivity index (χ2n) is 6.18. The van der Waals surface area contributed by atoms with Crippen LogP contribution < -0.4 is 0 Å². The molecule has 0 aliphatic carbocycles. The summed E-state index contributed by atoms with van der Waals surface area (Å²) in [4.78, 5) is 33.9. The highest BCUT2D eigenvalue weighted by atomic mass is 32.2. The molecule has 0 radical (unpaired) electrons. The van der Waals surface area contributed by atoms with Crippen molar-refractivity contribution in [1.29, 1.82) is 0 Å². The summed E-state index contributed by atoms with van der Waals surface area (Å²) in [6, 6.07) is 0. The van der Waals surface area contributed by atoms with E-state index in [2.05, 4.69) is 6.58 Å². The summed E-state index contributed by atoms with van der Waals surface area (Å²) >= 11 is 0. The fourth-order valence-electron chi connectivity index (χ4n) is 1.87. The largest absolute Gasteiger partial charge is 0.465 e. The Labute approximate surface area is 171 Å². The van der Waals surface area contributed by atoms with E-state index in [0.29, 0.717) is 0 Å². The van der Waals surface area contributed by atoms with Crippen molar-refractivity contribution in [3.05, 3.63) is 12.2 Å². The molecule has 0 aromatic rings. The zero-order valence-electron chi connectivity index (χ0n) is 16.8. The molecule has 0 atom stereocenters. The SMILES string of the molecule is C=C(C)C(=O)OC(CS(=O)(=O)CCOC(=O)CC)CS(=O)(=O)CCOC(=O)CC. The van der Waals surface area contributed by atoms with E-state index in [1.54, 1.807) is 13.8 Å². The maximum absolute atomic E-state index is 12.2. The fourth-order valence-corrected chi connectivity index (χ4v) is 4.53. The molecule has 0 bridgehead atoms. The summed E-state index contributed by atoms with van der Waals surface area (Å²) in [5.74, 6) is -4.73. The number of carbonyl (C=O) groups is 3. The number of hydrogen-bond donors (Lipinski definition) is 0. The third-order valence-electron chi connectivity index (χ3n) is 3.39. The Bertz CT molecular complexity index is 742. The molecule has 0 N–H and O–H groups in total. The number of hydrogen-bond acceptors (Lipinski definition) is 10. The van der Waals surface area contributed by atoms with Crippen LogP contribution in [0.4, 0.5) is 0 Å². The number of carbonyl (C=O) groups excluding carboxylic acids is 3. The molecule has 0 unspecified atom stereocenters. The van der Waals surface area contributed by atoms with Gasteiger partial charge >= 0.3 is 17.9 Å². The third-order valence-corrected chi connectivity index (χ3v) is 6.73. The van der Waals surface area contributed by atoms with Gasteiger partial charge < -0.3 is 14.2 Å². The maximum atomic E-state index is 12.2. The summed E-state index contributed by atoms with van der Waals surface area (Å²) in [5, 5.41) is 0. The van der Waals surface area contributed by atoms with Gasteiger partial charge in [-0.25, -0.2) is 21.6 Å². The van der Waals surface area contributed by atoms with Crippen LogP contribution in [0.1, 0.15) is 33.6 Å². The minimum Gasteiger partial charge on any atom is -0.465 e. The van der Waals surface area contributed by atoms with Crippen LogP contribution in [0.5, 0.6) is 0 Å². The molecule has 0 aromatic heterocycles. The molecular formula is C17H28O10S2. The second kappa shape index (κ2) is 12.6. The monoisotopic (exact) mass is 456 g/mol. The first-order valence-electron chi connectivity index (χ1n) is 8.90. The lowest BCUT2D eigenvalue weighted by Crippen LogP contribution is -2.36. The predicted molar refractivity (Wildman–Crippen MR) is 105 cm³/mol. The van der Waals surface area contributed by atoms with E-state index in [9.17, 15) is 31.2 Å². The molecule has 0 heterocycles. The lowest BCUT2D eigenvalue weighted by atomic mass is 10.3. The Kier molecular flexibility index (Phi) is 11.7. The van der Waals surface area contributed by atoms with Gasteiger partial charge in [0.25, 0.3) is 0 Å². The van der Waals surface area contributed by atoms with Crippen LogP contribution in [0.15, 0.2) is 12.2 Å². The molecule has 0 saturated heterocycles. The quantitative estimate of drug-likeness (QED) is 0.202. The maximum Gasteiger partial charge on any atom is 0.333 e.